The Morgan fingerprint density at radius 2 is 2.22 bits per heavy atom. The van der Waals surface area contributed by atoms with Crippen LogP contribution in [0, 0.1) is 0 Å². The van der Waals surface area contributed by atoms with E-state index in [-0.39, 0.29) is 0 Å². The molecule has 0 aliphatic carbocycles. The molecule has 1 N–H and O–H groups in total. The molecule has 2 rings (SSSR count). The molecule has 1 saturated heterocycles. The van der Waals surface area contributed by atoms with Crippen molar-refractivity contribution >= 4 is 17.4 Å². The van der Waals surface area contributed by atoms with Crippen LogP contribution < -0.4 is 10.2 Å². The van der Waals surface area contributed by atoms with Crippen LogP contribution in [0.5, 0.6) is 0 Å². The van der Waals surface area contributed by atoms with Crippen molar-refractivity contribution in [3.63, 3.8) is 0 Å². The summed E-state index contributed by atoms with van der Waals surface area (Å²) >= 11 is 0.636. The van der Waals surface area contributed by atoms with Crippen molar-refractivity contribution < 1.29 is 8.78 Å². The van der Waals surface area contributed by atoms with E-state index >= 15 is 0 Å². The van der Waals surface area contributed by atoms with E-state index in [1.165, 1.54) is 0 Å². The fourth-order valence-corrected chi connectivity index (χ4v) is 2.99. The Balaban J connectivity index is 2.24. The molecule has 0 spiro atoms. The van der Waals surface area contributed by atoms with Gasteiger partial charge in [-0.2, -0.15) is 8.78 Å². The minimum absolute atomic E-state index is 0.387. The Labute approximate surface area is 111 Å². The molecule has 1 aromatic carbocycles. The molecular formula is C13H18F2N2S. The summed E-state index contributed by atoms with van der Waals surface area (Å²) in [6.45, 7) is 4.83. The molecule has 18 heavy (non-hydrogen) atoms. The van der Waals surface area contributed by atoms with Crippen LogP contribution in [-0.4, -0.2) is 31.4 Å². The van der Waals surface area contributed by atoms with Crippen molar-refractivity contribution in [3.8, 4) is 0 Å². The minimum atomic E-state index is -2.37. The molecule has 0 bridgehead atoms. The van der Waals surface area contributed by atoms with E-state index in [0.29, 0.717) is 22.7 Å². The highest BCUT2D eigenvalue weighted by Crippen LogP contribution is 2.35. The summed E-state index contributed by atoms with van der Waals surface area (Å²) in [5.41, 5.74) is 0.941. The number of hydrogen-bond acceptors (Lipinski definition) is 3. The van der Waals surface area contributed by atoms with Gasteiger partial charge < -0.3 is 10.2 Å². The number of nitrogens with zero attached hydrogens (tertiary/aromatic N) is 1. The summed E-state index contributed by atoms with van der Waals surface area (Å²) in [6, 6.07) is 7.84. The molecule has 0 saturated carbocycles. The first-order chi connectivity index (χ1) is 8.72. The summed E-state index contributed by atoms with van der Waals surface area (Å²) in [5.74, 6) is -2.37. The lowest BCUT2D eigenvalue weighted by Gasteiger charge is -2.38. The maximum absolute atomic E-state index is 12.6. The van der Waals surface area contributed by atoms with Gasteiger partial charge >= 0.3 is 0 Å². The van der Waals surface area contributed by atoms with Crippen molar-refractivity contribution in [1.29, 1.82) is 0 Å². The minimum Gasteiger partial charge on any atom is -0.365 e. The third kappa shape index (κ3) is 3.14. The maximum Gasteiger partial charge on any atom is 0.288 e. The van der Waals surface area contributed by atoms with Crippen LogP contribution >= 0.6 is 11.8 Å². The number of piperazine rings is 1. The van der Waals surface area contributed by atoms with Gasteiger partial charge in [0.2, 0.25) is 0 Å². The summed E-state index contributed by atoms with van der Waals surface area (Å²) in [6.07, 6.45) is 1.01. The lowest BCUT2D eigenvalue weighted by Crippen LogP contribution is -2.51. The lowest BCUT2D eigenvalue weighted by atomic mass is 10.1. The molecule has 2 nitrogen and oxygen atoms in total. The highest BCUT2D eigenvalue weighted by Gasteiger charge is 2.23. The van der Waals surface area contributed by atoms with Crippen LogP contribution in [0.1, 0.15) is 13.3 Å². The zero-order chi connectivity index (χ0) is 13.0. The Morgan fingerprint density at radius 1 is 1.44 bits per heavy atom. The Morgan fingerprint density at radius 3 is 2.94 bits per heavy atom. The van der Waals surface area contributed by atoms with Gasteiger partial charge in [0.1, 0.15) is 0 Å². The number of para-hydroxylation sites is 1. The van der Waals surface area contributed by atoms with Gasteiger partial charge in [-0.05, 0) is 18.6 Å². The van der Waals surface area contributed by atoms with Crippen molar-refractivity contribution in [2.24, 2.45) is 0 Å². The van der Waals surface area contributed by atoms with Crippen molar-refractivity contribution in [2.75, 3.05) is 24.5 Å². The molecule has 1 atom stereocenters. The SMILES string of the molecule is CCC1CNCCN1c1ccccc1SC(F)F. The van der Waals surface area contributed by atoms with Crippen LogP contribution in [0.2, 0.25) is 0 Å². The van der Waals surface area contributed by atoms with E-state index in [2.05, 4.69) is 17.1 Å². The van der Waals surface area contributed by atoms with Crippen LogP contribution in [-0.2, 0) is 0 Å². The van der Waals surface area contributed by atoms with Gasteiger partial charge in [0.25, 0.3) is 5.76 Å². The van der Waals surface area contributed by atoms with Crippen LogP contribution in [0.4, 0.5) is 14.5 Å². The van der Waals surface area contributed by atoms with Gasteiger partial charge in [-0.3, -0.25) is 0 Å². The number of rotatable bonds is 4. The first-order valence-electron chi connectivity index (χ1n) is 6.23. The molecule has 1 aliphatic heterocycles. The fourth-order valence-electron chi connectivity index (χ4n) is 2.33. The molecule has 1 aliphatic rings. The van der Waals surface area contributed by atoms with E-state index in [4.69, 9.17) is 0 Å². The topological polar surface area (TPSA) is 15.3 Å². The summed E-state index contributed by atoms with van der Waals surface area (Å²) in [7, 11) is 0. The Kier molecular flexibility index (Phi) is 4.83. The summed E-state index contributed by atoms with van der Waals surface area (Å²) in [4.78, 5) is 2.93. The quantitative estimate of drug-likeness (QED) is 0.847. The van der Waals surface area contributed by atoms with Crippen molar-refractivity contribution in [2.45, 2.75) is 30.0 Å². The summed E-state index contributed by atoms with van der Waals surface area (Å²) < 4.78 is 25.2. The smallest absolute Gasteiger partial charge is 0.288 e. The van der Waals surface area contributed by atoms with Gasteiger partial charge in [-0.1, -0.05) is 30.8 Å². The van der Waals surface area contributed by atoms with E-state index < -0.39 is 5.76 Å². The van der Waals surface area contributed by atoms with Gasteiger partial charge in [-0.25, -0.2) is 0 Å². The number of hydrogen-bond donors (Lipinski definition) is 1. The third-order valence-corrected chi connectivity index (χ3v) is 3.99. The van der Waals surface area contributed by atoms with Crippen LogP contribution in [0.25, 0.3) is 0 Å². The number of alkyl halides is 2. The lowest BCUT2D eigenvalue weighted by molar-refractivity contribution is 0.252. The second kappa shape index (κ2) is 6.38. The van der Waals surface area contributed by atoms with Gasteiger partial charge in [0.05, 0.1) is 5.69 Å². The van der Waals surface area contributed by atoms with E-state index in [0.717, 1.165) is 31.7 Å². The molecule has 1 aromatic rings. The molecule has 1 heterocycles. The van der Waals surface area contributed by atoms with Gasteiger partial charge in [0.15, 0.2) is 0 Å². The average molecular weight is 272 g/mol. The van der Waals surface area contributed by atoms with Gasteiger partial charge in [-0.15, -0.1) is 0 Å². The molecule has 1 unspecified atom stereocenters. The predicted molar refractivity (Wildman–Crippen MR) is 72.6 cm³/mol. The largest absolute Gasteiger partial charge is 0.365 e. The van der Waals surface area contributed by atoms with E-state index in [1.807, 2.05) is 18.2 Å². The molecule has 0 amide bonds. The number of halogens is 2. The number of nitrogens with one attached hydrogen (secondary N) is 1. The zero-order valence-electron chi connectivity index (χ0n) is 10.4. The first kappa shape index (κ1) is 13.6. The van der Waals surface area contributed by atoms with Crippen LogP contribution in [0.15, 0.2) is 29.2 Å². The molecule has 0 aromatic heterocycles. The standard InChI is InChI=1S/C13H18F2N2S/c1-2-10-9-16-7-8-17(10)11-5-3-4-6-12(11)18-13(14)15/h3-6,10,13,16H,2,7-9H2,1H3. The summed E-state index contributed by atoms with van der Waals surface area (Å²) in [5, 5.41) is 3.35. The highest BCUT2D eigenvalue weighted by molar-refractivity contribution is 7.99. The fraction of sp³-hybridized carbons (Fsp3) is 0.538. The molecule has 100 valence electrons. The average Bonchev–Trinajstić information content (AvgIpc) is 2.39. The second-order valence-corrected chi connectivity index (χ2v) is 5.34. The Bertz CT molecular complexity index is 387. The Hall–Kier alpha value is -0.810. The molecule has 1 fully saturated rings. The normalized spacial score (nSPS) is 20.4. The van der Waals surface area contributed by atoms with Crippen molar-refractivity contribution in [1.82, 2.24) is 5.32 Å². The number of anilines is 1. The number of thioether (sulfide) groups is 1. The molecule has 5 heteroatoms. The molecule has 0 radical (unpaired) electrons. The zero-order valence-corrected chi connectivity index (χ0v) is 11.2. The second-order valence-electron chi connectivity index (χ2n) is 4.31. The van der Waals surface area contributed by atoms with E-state index in [1.54, 1.807) is 6.07 Å². The van der Waals surface area contributed by atoms with E-state index in [9.17, 15) is 8.78 Å². The van der Waals surface area contributed by atoms with Crippen LogP contribution in [0.3, 0.4) is 0 Å². The highest BCUT2D eigenvalue weighted by atomic mass is 32.2. The maximum atomic E-state index is 12.6. The monoisotopic (exact) mass is 272 g/mol. The third-order valence-electron chi connectivity index (χ3n) is 3.21. The number of benzene rings is 1. The van der Waals surface area contributed by atoms with Gasteiger partial charge in [0, 0.05) is 30.6 Å². The predicted octanol–water partition coefficient (Wildman–Crippen LogP) is 3.19. The first-order valence-corrected chi connectivity index (χ1v) is 7.11. The van der Waals surface area contributed by atoms with Crippen molar-refractivity contribution in [3.05, 3.63) is 24.3 Å². The molecular weight excluding hydrogens is 254 g/mol.